The van der Waals surface area contributed by atoms with Gasteiger partial charge in [-0.3, -0.25) is 0 Å². The Hall–Kier alpha value is -2.39. The Morgan fingerprint density at radius 2 is 1.82 bits per heavy atom. The molecule has 0 amide bonds. The highest BCUT2D eigenvalue weighted by Crippen LogP contribution is 2.27. The molecule has 0 unspecified atom stereocenters. The number of rotatable bonds is 2. The van der Waals surface area contributed by atoms with Gasteiger partial charge in [-0.2, -0.15) is 0 Å². The van der Waals surface area contributed by atoms with Crippen LogP contribution < -0.4 is 5.11 Å². The van der Waals surface area contributed by atoms with E-state index < -0.39 is 5.97 Å². The van der Waals surface area contributed by atoms with Gasteiger partial charge in [-0.25, -0.2) is 4.98 Å². The van der Waals surface area contributed by atoms with Crippen LogP contribution in [0, 0.1) is 13.8 Å². The average Bonchev–Trinajstić information content (AvgIpc) is 2.48. The summed E-state index contributed by atoms with van der Waals surface area (Å²) in [7, 11) is 0. The molecule has 0 saturated heterocycles. The Morgan fingerprint density at radius 1 is 1.05 bits per heavy atom. The number of carbonyl (C=O) groups is 1. The van der Waals surface area contributed by atoms with E-state index >= 15 is 0 Å². The van der Waals surface area contributed by atoms with Gasteiger partial charge in [0.05, 0.1) is 17.2 Å². The number of aryl methyl sites for hydroxylation is 2. The molecule has 0 bridgehead atoms. The third kappa shape index (κ3) is 2.55. The zero-order valence-electron chi connectivity index (χ0n) is 12.2. The van der Waals surface area contributed by atoms with Gasteiger partial charge in [-0.05, 0) is 55.3 Å². The number of fused-ring (bicyclic) bond motifs is 1. The zero-order valence-corrected chi connectivity index (χ0v) is 12.9. The van der Waals surface area contributed by atoms with Crippen LogP contribution in [-0.2, 0) is 0 Å². The molecule has 0 spiro atoms. The Morgan fingerprint density at radius 3 is 2.50 bits per heavy atom. The van der Waals surface area contributed by atoms with E-state index in [1.807, 2.05) is 32.0 Å². The molecule has 0 aliphatic carbocycles. The number of halogens is 1. The molecule has 1 aromatic heterocycles. The van der Waals surface area contributed by atoms with Gasteiger partial charge in [0, 0.05) is 21.5 Å². The van der Waals surface area contributed by atoms with Gasteiger partial charge < -0.3 is 9.90 Å². The number of benzene rings is 2. The summed E-state index contributed by atoms with van der Waals surface area (Å²) >= 11 is 5.95. The third-order valence-corrected chi connectivity index (χ3v) is 4.03. The van der Waals surface area contributed by atoms with Gasteiger partial charge in [0.1, 0.15) is 0 Å². The number of aromatic carboxylic acids is 1. The van der Waals surface area contributed by atoms with Crippen LogP contribution in [0.25, 0.3) is 22.2 Å². The predicted molar refractivity (Wildman–Crippen MR) is 86.0 cm³/mol. The Labute approximate surface area is 133 Å². The van der Waals surface area contributed by atoms with Gasteiger partial charge in [-0.15, -0.1) is 0 Å². The number of pyridine rings is 1. The molecule has 0 radical (unpaired) electrons. The molecule has 0 aliphatic rings. The fraction of sp³-hybridized carbons (Fsp3) is 0.111. The highest BCUT2D eigenvalue weighted by molar-refractivity contribution is 6.31. The van der Waals surface area contributed by atoms with Gasteiger partial charge >= 0.3 is 0 Å². The van der Waals surface area contributed by atoms with E-state index in [9.17, 15) is 9.90 Å². The summed E-state index contributed by atoms with van der Waals surface area (Å²) in [5.74, 6) is -1.24. The third-order valence-electron chi connectivity index (χ3n) is 3.79. The van der Waals surface area contributed by atoms with Crippen LogP contribution in [0.15, 0.2) is 42.5 Å². The number of aromatic nitrogens is 1. The van der Waals surface area contributed by atoms with Crippen molar-refractivity contribution in [3.8, 4) is 11.3 Å². The normalized spacial score (nSPS) is 10.9. The lowest BCUT2D eigenvalue weighted by Gasteiger charge is -2.12. The molecule has 110 valence electrons. The lowest BCUT2D eigenvalue weighted by Crippen LogP contribution is -2.22. The molecule has 0 aliphatic heterocycles. The Bertz CT molecular complexity index is 903. The maximum atomic E-state index is 11.4. The fourth-order valence-electron chi connectivity index (χ4n) is 2.42. The maximum Gasteiger partial charge on any atom is 0.0722 e. The largest absolute Gasteiger partial charge is 0.545 e. The van der Waals surface area contributed by atoms with Crippen molar-refractivity contribution in [2.24, 2.45) is 0 Å². The van der Waals surface area contributed by atoms with E-state index in [0.717, 1.165) is 11.1 Å². The lowest BCUT2D eigenvalue weighted by molar-refractivity contribution is -0.254. The molecule has 3 aromatic rings. The summed E-state index contributed by atoms with van der Waals surface area (Å²) in [6.45, 7) is 4.04. The van der Waals surface area contributed by atoms with Crippen LogP contribution in [0.4, 0.5) is 0 Å². The van der Waals surface area contributed by atoms with E-state index in [-0.39, 0.29) is 5.56 Å². The molecular formula is C18H13ClNO2-. The van der Waals surface area contributed by atoms with E-state index in [4.69, 9.17) is 11.6 Å². The molecule has 3 nitrogen and oxygen atoms in total. The monoisotopic (exact) mass is 310 g/mol. The van der Waals surface area contributed by atoms with E-state index in [1.54, 1.807) is 18.2 Å². The molecular weight excluding hydrogens is 298 g/mol. The Kier molecular flexibility index (Phi) is 3.59. The van der Waals surface area contributed by atoms with Gasteiger partial charge in [0.15, 0.2) is 0 Å². The first-order valence-electron chi connectivity index (χ1n) is 6.85. The van der Waals surface area contributed by atoms with E-state index in [2.05, 4.69) is 4.98 Å². The molecule has 3 rings (SSSR count). The van der Waals surface area contributed by atoms with Crippen molar-refractivity contribution in [3.05, 3.63) is 64.2 Å². The van der Waals surface area contributed by atoms with Gasteiger partial charge in [0.2, 0.25) is 0 Å². The summed E-state index contributed by atoms with van der Waals surface area (Å²) in [5.41, 5.74) is 4.47. The molecule has 2 aromatic carbocycles. The predicted octanol–water partition coefficient (Wildman–Crippen LogP) is 3.54. The second kappa shape index (κ2) is 5.43. The number of carbonyl (C=O) groups excluding carboxylic acids is 1. The lowest BCUT2D eigenvalue weighted by atomic mass is 10.0. The molecule has 0 N–H and O–H groups in total. The van der Waals surface area contributed by atoms with Crippen molar-refractivity contribution >= 4 is 28.5 Å². The number of hydrogen-bond acceptors (Lipinski definition) is 3. The molecule has 22 heavy (non-hydrogen) atoms. The molecule has 1 heterocycles. The van der Waals surface area contributed by atoms with Crippen molar-refractivity contribution < 1.29 is 9.90 Å². The first-order chi connectivity index (χ1) is 10.5. The quantitative estimate of drug-likeness (QED) is 0.727. The molecule has 0 fully saturated rings. The SMILES string of the molecule is Cc1ccc(-c2cc(C(=O)[O-])c3cc(Cl)ccc3n2)cc1C. The van der Waals surface area contributed by atoms with Crippen molar-refractivity contribution in [1.29, 1.82) is 0 Å². The topological polar surface area (TPSA) is 53.0 Å². The summed E-state index contributed by atoms with van der Waals surface area (Å²) in [4.78, 5) is 16.0. The van der Waals surface area contributed by atoms with Crippen LogP contribution in [-0.4, -0.2) is 11.0 Å². The summed E-state index contributed by atoms with van der Waals surface area (Å²) in [5, 5.41) is 12.4. The molecule has 4 heteroatoms. The molecule has 0 saturated carbocycles. The number of carboxylic acid groups (broad SMARTS) is 1. The van der Waals surface area contributed by atoms with Crippen molar-refractivity contribution in [3.63, 3.8) is 0 Å². The van der Waals surface area contributed by atoms with Crippen LogP contribution in [0.3, 0.4) is 0 Å². The molecule has 0 atom stereocenters. The van der Waals surface area contributed by atoms with Crippen molar-refractivity contribution in [2.75, 3.05) is 0 Å². The van der Waals surface area contributed by atoms with Gasteiger partial charge in [0.25, 0.3) is 0 Å². The minimum absolute atomic E-state index is 0.0979. The van der Waals surface area contributed by atoms with Crippen LogP contribution in [0.1, 0.15) is 21.5 Å². The number of hydrogen-bond donors (Lipinski definition) is 0. The second-order valence-corrected chi connectivity index (χ2v) is 5.74. The summed E-state index contributed by atoms with van der Waals surface area (Å²) in [6.07, 6.45) is 0. The fourth-order valence-corrected chi connectivity index (χ4v) is 2.59. The maximum absolute atomic E-state index is 11.4. The zero-order chi connectivity index (χ0) is 15.9. The highest BCUT2D eigenvalue weighted by atomic mass is 35.5. The Balaban J connectivity index is 2.29. The van der Waals surface area contributed by atoms with Crippen LogP contribution in [0.2, 0.25) is 5.02 Å². The smallest absolute Gasteiger partial charge is 0.0722 e. The highest BCUT2D eigenvalue weighted by Gasteiger charge is 2.09. The van der Waals surface area contributed by atoms with Gasteiger partial charge in [-0.1, -0.05) is 23.7 Å². The second-order valence-electron chi connectivity index (χ2n) is 5.30. The minimum Gasteiger partial charge on any atom is -0.545 e. The average molecular weight is 311 g/mol. The first-order valence-corrected chi connectivity index (χ1v) is 7.23. The van der Waals surface area contributed by atoms with Crippen molar-refractivity contribution in [2.45, 2.75) is 13.8 Å². The standard InChI is InChI=1S/C18H14ClNO2/c1-10-3-4-12(7-11(10)2)17-9-15(18(21)22)14-8-13(19)5-6-16(14)20-17/h3-9H,1-2H3,(H,21,22)/p-1. The van der Waals surface area contributed by atoms with Crippen LogP contribution >= 0.6 is 11.6 Å². The number of carboxylic acids is 1. The summed E-state index contributed by atoms with van der Waals surface area (Å²) < 4.78 is 0. The minimum atomic E-state index is -1.24. The first kappa shape index (κ1) is 14.5. The van der Waals surface area contributed by atoms with E-state index in [0.29, 0.717) is 21.6 Å². The van der Waals surface area contributed by atoms with Crippen LogP contribution in [0.5, 0.6) is 0 Å². The van der Waals surface area contributed by atoms with E-state index in [1.165, 1.54) is 11.6 Å². The number of nitrogens with zero attached hydrogens (tertiary/aromatic N) is 1. The summed E-state index contributed by atoms with van der Waals surface area (Å²) in [6, 6.07) is 12.5. The van der Waals surface area contributed by atoms with Crippen molar-refractivity contribution in [1.82, 2.24) is 4.98 Å².